The predicted molar refractivity (Wildman–Crippen MR) is 110 cm³/mol. The van der Waals surface area contributed by atoms with Crippen LogP contribution in [-0.2, 0) is 11.2 Å². The van der Waals surface area contributed by atoms with Crippen molar-refractivity contribution in [2.45, 2.75) is 52.6 Å². The first-order chi connectivity index (χ1) is 13.3. The monoisotopic (exact) mass is 382 g/mol. The number of hydrogen-bond donors (Lipinski definition) is 1. The van der Waals surface area contributed by atoms with Crippen LogP contribution < -0.4 is 10.1 Å². The van der Waals surface area contributed by atoms with Gasteiger partial charge in [0.2, 0.25) is 0 Å². The molecule has 1 N–H and O–H groups in total. The third kappa shape index (κ3) is 5.72. The summed E-state index contributed by atoms with van der Waals surface area (Å²) in [6.45, 7) is 8.85. The number of hydrogen-bond acceptors (Lipinski definition) is 4. The summed E-state index contributed by atoms with van der Waals surface area (Å²) in [4.78, 5) is 16.2. The fourth-order valence-electron chi connectivity index (χ4n) is 2.95. The van der Waals surface area contributed by atoms with Crippen LogP contribution in [0.2, 0.25) is 0 Å². The minimum absolute atomic E-state index is 0.00428. The molecule has 150 valence electrons. The maximum Gasteiger partial charge on any atom is 0.407 e. The number of carbonyl (C=O) groups excluding carboxylic acids is 1. The Morgan fingerprint density at radius 1 is 1.14 bits per heavy atom. The summed E-state index contributed by atoms with van der Waals surface area (Å²) < 4.78 is 11.3. The van der Waals surface area contributed by atoms with Crippen molar-refractivity contribution in [2.24, 2.45) is 5.41 Å². The first kappa shape index (κ1) is 20.2. The lowest BCUT2D eigenvalue weighted by molar-refractivity contribution is 0.0509. The molecule has 5 heteroatoms. The number of nitrogens with zero attached hydrogens (tertiary/aromatic N) is 1. The summed E-state index contributed by atoms with van der Waals surface area (Å²) in [5.74, 6) is 0.751. The molecule has 0 unspecified atom stereocenters. The molecule has 28 heavy (non-hydrogen) atoms. The Bertz CT molecular complexity index is 805. The molecule has 5 nitrogen and oxygen atoms in total. The van der Waals surface area contributed by atoms with Crippen molar-refractivity contribution in [3.8, 4) is 16.9 Å². The van der Waals surface area contributed by atoms with Gasteiger partial charge in [0, 0.05) is 23.7 Å². The molecule has 3 rings (SSSR count). The minimum atomic E-state index is -0.487. The standard InChI is InChI=1S/C23H30N2O3/c1-5-17-6-8-18(9-7-17)19-12-20(14-24-13-19)27-16-23(10-11-23)15-25-21(26)28-22(2,3)4/h6-9,12-14H,5,10-11,15-16H2,1-4H3,(H,25,26). The van der Waals surface area contributed by atoms with E-state index in [9.17, 15) is 4.79 Å². The number of benzene rings is 1. The van der Waals surface area contributed by atoms with Crippen LogP contribution in [0.1, 0.15) is 46.1 Å². The van der Waals surface area contributed by atoms with E-state index in [1.165, 1.54) is 5.56 Å². The second-order valence-corrected chi connectivity index (χ2v) is 8.60. The summed E-state index contributed by atoms with van der Waals surface area (Å²) in [7, 11) is 0. The molecule has 1 aromatic carbocycles. The summed E-state index contributed by atoms with van der Waals surface area (Å²) in [6.07, 6.45) is 6.31. The Hall–Kier alpha value is -2.56. The van der Waals surface area contributed by atoms with Crippen molar-refractivity contribution in [1.29, 1.82) is 0 Å². The van der Waals surface area contributed by atoms with E-state index in [-0.39, 0.29) is 11.5 Å². The van der Waals surface area contributed by atoms with Crippen LogP contribution in [0, 0.1) is 5.41 Å². The highest BCUT2D eigenvalue weighted by molar-refractivity contribution is 5.67. The van der Waals surface area contributed by atoms with Crippen LogP contribution in [0.3, 0.4) is 0 Å². The van der Waals surface area contributed by atoms with Crippen molar-refractivity contribution in [2.75, 3.05) is 13.2 Å². The van der Waals surface area contributed by atoms with E-state index in [2.05, 4.69) is 41.5 Å². The van der Waals surface area contributed by atoms with Gasteiger partial charge in [-0.25, -0.2) is 4.79 Å². The molecule has 2 aromatic rings. The molecular formula is C23H30N2O3. The second-order valence-electron chi connectivity index (χ2n) is 8.60. The van der Waals surface area contributed by atoms with Gasteiger partial charge < -0.3 is 14.8 Å². The van der Waals surface area contributed by atoms with Gasteiger partial charge in [-0.05, 0) is 57.2 Å². The van der Waals surface area contributed by atoms with Crippen LogP contribution in [0.25, 0.3) is 11.1 Å². The number of ether oxygens (including phenoxy) is 2. The molecule has 0 radical (unpaired) electrons. The van der Waals surface area contributed by atoms with Gasteiger partial charge in [0.05, 0.1) is 12.8 Å². The van der Waals surface area contributed by atoms with Gasteiger partial charge in [-0.1, -0.05) is 31.2 Å². The Kier molecular flexibility index (Phi) is 5.92. The van der Waals surface area contributed by atoms with E-state index in [4.69, 9.17) is 9.47 Å². The fraction of sp³-hybridized carbons (Fsp3) is 0.478. The average molecular weight is 383 g/mol. The van der Waals surface area contributed by atoms with Crippen molar-refractivity contribution in [1.82, 2.24) is 10.3 Å². The molecule has 0 atom stereocenters. The maximum atomic E-state index is 11.9. The fourth-order valence-corrected chi connectivity index (χ4v) is 2.95. The number of alkyl carbamates (subject to hydrolysis) is 1. The minimum Gasteiger partial charge on any atom is -0.491 e. The number of carbonyl (C=O) groups is 1. The van der Waals surface area contributed by atoms with Gasteiger partial charge in [0.15, 0.2) is 0 Å². The maximum absolute atomic E-state index is 11.9. The van der Waals surface area contributed by atoms with Crippen LogP contribution in [-0.4, -0.2) is 29.8 Å². The van der Waals surface area contributed by atoms with E-state index >= 15 is 0 Å². The predicted octanol–water partition coefficient (Wildman–Crippen LogP) is 4.99. The number of rotatable bonds is 7. The lowest BCUT2D eigenvalue weighted by Crippen LogP contribution is -2.37. The van der Waals surface area contributed by atoms with Crippen molar-refractivity contribution in [3.63, 3.8) is 0 Å². The van der Waals surface area contributed by atoms with E-state index in [1.807, 2.05) is 33.0 Å². The number of nitrogens with one attached hydrogen (secondary N) is 1. The Labute approximate surface area is 167 Å². The van der Waals surface area contributed by atoms with Crippen LogP contribution in [0.5, 0.6) is 5.75 Å². The second kappa shape index (κ2) is 8.21. The third-order valence-electron chi connectivity index (χ3n) is 4.92. The van der Waals surface area contributed by atoms with Gasteiger partial charge in [-0.2, -0.15) is 0 Å². The lowest BCUT2D eigenvalue weighted by atomic mass is 10.0. The van der Waals surface area contributed by atoms with Crippen molar-refractivity contribution >= 4 is 6.09 Å². The zero-order chi connectivity index (χ0) is 20.2. The van der Waals surface area contributed by atoms with Gasteiger partial charge in [0.1, 0.15) is 11.4 Å². The largest absolute Gasteiger partial charge is 0.491 e. The molecule has 1 aliphatic rings. The zero-order valence-electron chi connectivity index (χ0n) is 17.2. The first-order valence-electron chi connectivity index (χ1n) is 9.93. The third-order valence-corrected chi connectivity index (χ3v) is 4.92. The molecule has 0 saturated heterocycles. The summed E-state index contributed by atoms with van der Waals surface area (Å²) in [5, 5.41) is 2.87. The molecule has 1 aromatic heterocycles. The van der Waals surface area contributed by atoms with E-state index in [1.54, 1.807) is 6.20 Å². The topological polar surface area (TPSA) is 60.5 Å². The molecule has 1 amide bonds. The molecular weight excluding hydrogens is 352 g/mol. The SMILES string of the molecule is CCc1ccc(-c2cncc(OCC3(CNC(=O)OC(C)(C)C)CC3)c2)cc1. The van der Waals surface area contributed by atoms with Gasteiger partial charge in [0.25, 0.3) is 0 Å². The molecule has 1 fully saturated rings. The Morgan fingerprint density at radius 2 is 1.86 bits per heavy atom. The number of pyridine rings is 1. The van der Waals surface area contributed by atoms with Gasteiger partial charge in [-0.3, -0.25) is 4.98 Å². The van der Waals surface area contributed by atoms with E-state index < -0.39 is 5.60 Å². The normalized spacial score (nSPS) is 15.0. The highest BCUT2D eigenvalue weighted by Crippen LogP contribution is 2.45. The summed E-state index contributed by atoms with van der Waals surface area (Å²) in [5.41, 5.74) is 2.99. The van der Waals surface area contributed by atoms with Crippen LogP contribution in [0.4, 0.5) is 4.79 Å². The van der Waals surface area contributed by atoms with E-state index in [0.29, 0.717) is 13.2 Å². The Morgan fingerprint density at radius 3 is 2.46 bits per heavy atom. The Balaban J connectivity index is 1.55. The van der Waals surface area contributed by atoms with E-state index in [0.717, 1.165) is 36.1 Å². The molecule has 0 aliphatic heterocycles. The molecule has 1 saturated carbocycles. The molecule has 0 spiro atoms. The lowest BCUT2D eigenvalue weighted by Gasteiger charge is -2.22. The summed E-state index contributed by atoms with van der Waals surface area (Å²) in [6, 6.07) is 10.5. The quantitative estimate of drug-likeness (QED) is 0.732. The summed E-state index contributed by atoms with van der Waals surface area (Å²) >= 11 is 0. The van der Waals surface area contributed by atoms with Crippen molar-refractivity contribution in [3.05, 3.63) is 48.3 Å². The first-order valence-corrected chi connectivity index (χ1v) is 9.93. The van der Waals surface area contributed by atoms with Crippen LogP contribution in [0.15, 0.2) is 42.7 Å². The average Bonchev–Trinajstić information content (AvgIpc) is 3.44. The van der Waals surface area contributed by atoms with Gasteiger partial charge >= 0.3 is 6.09 Å². The molecule has 0 bridgehead atoms. The van der Waals surface area contributed by atoms with Crippen molar-refractivity contribution < 1.29 is 14.3 Å². The number of amides is 1. The van der Waals surface area contributed by atoms with Gasteiger partial charge in [-0.15, -0.1) is 0 Å². The number of aryl methyl sites for hydroxylation is 1. The van der Waals surface area contributed by atoms with Crippen LogP contribution >= 0.6 is 0 Å². The molecule has 1 aliphatic carbocycles. The molecule has 1 heterocycles. The highest BCUT2D eigenvalue weighted by atomic mass is 16.6. The zero-order valence-corrected chi connectivity index (χ0v) is 17.2. The highest BCUT2D eigenvalue weighted by Gasteiger charge is 2.44. The number of aromatic nitrogens is 1. The smallest absolute Gasteiger partial charge is 0.407 e.